The molecule has 0 bridgehead atoms. The molecule has 2 atom stereocenters. The van der Waals surface area contributed by atoms with Crippen LogP contribution in [-0.2, 0) is 0 Å². The Kier molecular flexibility index (Phi) is 3.87. The van der Waals surface area contributed by atoms with Crippen LogP contribution < -0.4 is 4.90 Å². The van der Waals surface area contributed by atoms with Gasteiger partial charge in [0.25, 0.3) is 0 Å². The van der Waals surface area contributed by atoms with E-state index >= 15 is 0 Å². The van der Waals surface area contributed by atoms with Crippen molar-refractivity contribution in [3.63, 3.8) is 0 Å². The summed E-state index contributed by atoms with van der Waals surface area (Å²) in [7, 11) is 2.11. The molecule has 2 aliphatic rings. The molecule has 5 nitrogen and oxygen atoms in total. The molecule has 1 aromatic heterocycles. The Morgan fingerprint density at radius 2 is 2.00 bits per heavy atom. The Bertz CT molecular complexity index is 464. The molecule has 0 saturated carbocycles. The van der Waals surface area contributed by atoms with Crippen molar-refractivity contribution in [1.82, 2.24) is 14.8 Å². The minimum Gasteiger partial charge on any atom is -0.390 e. The normalized spacial score (nSPS) is 29.1. The summed E-state index contributed by atoms with van der Waals surface area (Å²) in [6.45, 7) is 5.03. The van der Waals surface area contributed by atoms with Crippen molar-refractivity contribution in [1.29, 1.82) is 0 Å². The van der Waals surface area contributed by atoms with Crippen LogP contribution in [0.3, 0.4) is 0 Å². The lowest BCUT2D eigenvalue weighted by Crippen LogP contribution is -2.52. The summed E-state index contributed by atoms with van der Waals surface area (Å²) in [4.78, 5) is 10.5. The number of pyridine rings is 1. The molecule has 3 heterocycles. The van der Waals surface area contributed by atoms with E-state index in [1.807, 2.05) is 4.90 Å². The van der Waals surface area contributed by atoms with Gasteiger partial charge in [-0.25, -0.2) is 9.37 Å². The zero-order valence-electron chi connectivity index (χ0n) is 11.7. The van der Waals surface area contributed by atoms with E-state index in [9.17, 15) is 9.50 Å². The summed E-state index contributed by atoms with van der Waals surface area (Å²) in [6.07, 6.45) is 1.15. The van der Waals surface area contributed by atoms with E-state index in [2.05, 4.69) is 21.8 Å². The van der Waals surface area contributed by atoms with Crippen molar-refractivity contribution >= 4 is 5.82 Å². The number of anilines is 1. The minimum atomic E-state index is -0.445. The quantitative estimate of drug-likeness (QED) is 0.827. The summed E-state index contributed by atoms with van der Waals surface area (Å²) >= 11 is 0. The number of aromatic nitrogens is 1. The van der Waals surface area contributed by atoms with E-state index < -0.39 is 6.10 Å². The molecule has 1 N–H and O–H groups in total. The average Bonchev–Trinajstić information content (AvgIpc) is 2.82. The van der Waals surface area contributed by atoms with Crippen molar-refractivity contribution in [2.75, 3.05) is 51.2 Å². The molecular weight excluding hydrogens is 259 g/mol. The molecule has 0 aromatic carbocycles. The number of likely N-dealkylation sites (N-methyl/N-ethyl adjacent to an activating group) is 1. The highest BCUT2D eigenvalue weighted by Gasteiger charge is 2.37. The van der Waals surface area contributed by atoms with E-state index in [0.717, 1.165) is 26.2 Å². The predicted molar refractivity (Wildman–Crippen MR) is 75.3 cm³/mol. The van der Waals surface area contributed by atoms with Crippen LogP contribution in [0.25, 0.3) is 0 Å². The van der Waals surface area contributed by atoms with Crippen molar-refractivity contribution in [2.24, 2.45) is 0 Å². The molecule has 0 aliphatic carbocycles. The van der Waals surface area contributed by atoms with Crippen LogP contribution in [0.4, 0.5) is 10.2 Å². The first-order chi connectivity index (χ1) is 9.65. The minimum absolute atomic E-state index is 0.0742. The van der Waals surface area contributed by atoms with Gasteiger partial charge in [0, 0.05) is 45.5 Å². The zero-order chi connectivity index (χ0) is 14.1. The Morgan fingerprint density at radius 3 is 2.70 bits per heavy atom. The number of hydrogen-bond donors (Lipinski definition) is 1. The first-order valence-corrected chi connectivity index (χ1v) is 7.11. The second-order valence-electron chi connectivity index (χ2n) is 5.69. The summed E-state index contributed by atoms with van der Waals surface area (Å²) < 4.78 is 13.8. The highest BCUT2D eigenvalue weighted by molar-refractivity contribution is 5.42. The second-order valence-corrected chi connectivity index (χ2v) is 5.69. The second kappa shape index (κ2) is 5.63. The first kappa shape index (κ1) is 13.7. The van der Waals surface area contributed by atoms with E-state index in [1.54, 1.807) is 12.3 Å². The topological polar surface area (TPSA) is 42.8 Å². The molecule has 3 rings (SSSR count). The molecule has 2 aliphatic heterocycles. The molecule has 2 fully saturated rings. The lowest BCUT2D eigenvalue weighted by molar-refractivity contribution is 0.0512. The number of β-amino-alcohol motifs (C(OH)–C–C–N with tert-alkyl or cyclic N) is 1. The Hall–Kier alpha value is -1.24. The lowest BCUT2D eigenvalue weighted by atomic mass is 10.1. The maximum atomic E-state index is 13.8. The first-order valence-electron chi connectivity index (χ1n) is 7.11. The highest BCUT2D eigenvalue weighted by atomic mass is 19.1. The average molecular weight is 280 g/mol. The van der Waals surface area contributed by atoms with Crippen LogP contribution >= 0.6 is 0 Å². The van der Waals surface area contributed by atoms with Crippen LogP contribution in [0.15, 0.2) is 18.3 Å². The highest BCUT2D eigenvalue weighted by Crippen LogP contribution is 2.24. The summed E-state index contributed by atoms with van der Waals surface area (Å²) in [6, 6.07) is 3.08. The van der Waals surface area contributed by atoms with Crippen molar-refractivity contribution < 1.29 is 9.50 Å². The van der Waals surface area contributed by atoms with Crippen LogP contribution in [0, 0.1) is 5.82 Å². The lowest BCUT2D eigenvalue weighted by Gasteiger charge is -2.37. The number of halogens is 1. The number of rotatable bonds is 2. The molecule has 2 saturated heterocycles. The molecule has 110 valence electrons. The fourth-order valence-corrected chi connectivity index (χ4v) is 3.06. The molecule has 0 spiro atoms. The third kappa shape index (κ3) is 2.63. The van der Waals surface area contributed by atoms with E-state index in [0.29, 0.717) is 18.9 Å². The Morgan fingerprint density at radius 1 is 1.25 bits per heavy atom. The SMILES string of the molecule is CN1CCN([C@H]2CN(c3ncccc3F)C[C@@H]2O)CC1. The number of piperazine rings is 1. The molecule has 20 heavy (non-hydrogen) atoms. The van der Waals surface area contributed by atoms with Crippen LogP contribution in [-0.4, -0.2) is 78.4 Å². The van der Waals surface area contributed by atoms with Gasteiger partial charge in [0.2, 0.25) is 0 Å². The molecule has 0 unspecified atom stereocenters. The number of nitrogens with zero attached hydrogens (tertiary/aromatic N) is 4. The van der Waals surface area contributed by atoms with Crippen molar-refractivity contribution in [3.05, 3.63) is 24.1 Å². The summed E-state index contributed by atoms with van der Waals surface area (Å²) in [5.74, 6) is 0.0295. The number of hydrogen-bond acceptors (Lipinski definition) is 5. The maximum Gasteiger partial charge on any atom is 0.165 e. The standard InChI is InChI=1S/C14H21FN4O/c1-17-5-7-18(8-6-17)12-9-19(10-13(12)20)14-11(15)3-2-4-16-14/h2-4,12-13,20H,5-10H2,1H3/t12-,13-/m0/s1. The molecule has 1 aromatic rings. The van der Waals surface area contributed by atoms with E-state index in [4.69, 9.17) is 0 Å². The van der Waals surface area contributed by atoms with Gasteiger partial charge < -0.3 is 14.9 Å². The van der Waals surface area contributed by atoms with Crippen molar-refractivity contribution in [3.8, 4) is 0 Å². The largest absolute Gasteiger partial charge is 0.390 e. The third-order valence-electron chi connectivity index (χ3n) is 4.30. The number of aliphatic hydroxyl groups excluding tert-OH is 1. The summed E-state index contributed by atoms with van der Waals surface area (Å²) in [5.41, 5.74) is 0. The van der Waals surface area contributed by atoms with Gasteiger partial charge in [0.1, 0.15) is 0 Å². The summed E-state index contributed by atoms with van der Waals surface area (Å²) in [5, 5.41) is 10.3. The van der Waals surface area contributed by atoms with Gasteiger partial charge in [-0.1, -0.05) is 0 Å². The van der Waals surface area contributed by atoms with Gasteiger partial charge in [-0.2, -0.15) is 0 Å². The predicted octanol–water partition coefficient (Wildman–Crippen LogP) is 0.0176. The molecular formula is C14H21FN4O. The van der Waals surface area contributed by atoms with Gasteiger partial charge in [0.05, 0.1) is 12.1 Å². The smallest absolute Gasteiger partial charge is 0.165 e. The Labute approximate surface area is 118 Å². The van der Waals surface area contributed by atoms with E-state index in [1.165, 1.54) is 6.07 Å². The fraction of sp³-hybridized carbons (Fsp3) is 0.643. The Balaban J connectivity index is 1.69. The zero-order valence-corrected chi connectivity index (χ0v) is 11.7. The number of aliphatic hydroxyl groups is 1. The van der Waals surface area contributed by atoms with Crippen molar-refractivity contribution in [2.45, 2.75) is 12.1 Å². The van der Waals surface area contributed by atoms with Gasteiger partial charge in [-0.15, -0.1) is 0 Å². The molecule has 0 amide bonds. The van der Waals surface area contributed by atoms with Gasteiger partial charge in [0.15, 0.2) is 11.6 Å². The van der Waals surface area contributed by atoms with Crippen LogP contribution in [0.1, 0.15) is 0 Å². The third-order valence-corrected chi connectivity index (χ3v) is 4.30. The fourth-order valence-electron chi connectivity index (χ4n) is 3.06. The molecule has 6 heteroatoms. The maximum absolute atomic E-state index is 13.8. The van der Waals surface area contributed by atoms with Gasteiger partial charge >= 0.3 is 0 Å². The van der Waals surface area contributed by atoms with Gasteiger partial charge in [-0.05, 0) is 19.2 Å². The monoisotopic (exact) mass is 280 g/mol. The molecule has 0 radical (unpaired) electrons. The van der Waals surface area contributed by atoms with Crippen LogP contribution in [0.2, 0.25) is 0 Å². The van der Waals surface area contributed by atoms with E-state index in [-0.39, 0.29) is 11.9 Å². The van der Waals surface area contributed by atoms with Gasteiger partial charge in [-0.3, -0.25) is 4.90 Å². The van der Waals surface area contributed by atoms with Crippen LogP contribution in [0.5, 0.6) is 0 Å².